The zero-order valence-electron chi connectivity index (χ0n) is 30.0. The van der Waals surface area contributed by atoms with Gasteiger partial charge in [-0.15, -0.1) is 0 Å². The van der Waals surface area contributed by atoms with Crippen LogP contribution in [0.3, 0.4) is 0 Å². The molecule has 1 spiro atoms. The van der Waals surface area contributed by atoms with Gasteiger partial charge in [0.05, 0.1) is 5.41 Å². The number of benzene rings is 11. The van der Waals surface area contributed by atoms with Gasteiger partial charge in [0.1, 0.15) is 0 Å². The summed E-state index contributed by atoms with van der Waals surface area (Å²) in [6, 6.07) is 73.6. The first-order valence-corrected chi connectivity index (χ1v) is 19.3. The number of hydrogen-bond donors (Lipinski definition) is 0. The fourth-order valence-corrected chi connectivity index (χ4v) is 10.8. The molecule has 0 nitrogen and oxygen atoms in total. The standard InChI is InChI=1S/C55H32/c1-2-11-37-30-39(23-20-33(37)10-1)47-31-38-12-3-4-15-42(38)53-46-29-26-40(41-27-24-36-22-21-34-13-9-14-35-25-28-45(41)52(36)51(34)35)32-50(46)55(54(47)53)48-18-7-5-16-43(48)44-17-6-8-19-49(44)55/h1-32H. The van der Waals surface area contributed by atoms with Gasteiger partial charge in [0.25, 0.3) is 0 Å². The average molecular weight is 693 g/mol. The lowest BCUT2D eigenvalue weighted by Crippen LogP contribution is -2.26. The zero-order chi connectivity index (χ0) is 35.8. The molecule has 0 heterocycles. The quantitative estimate of drug-likeness (QED) is 0.158. The predicted molar refractivity (Wildman–Crippen MR) is 232 cm³/mol. The van der Waals surface area contributed by atoms with Crippen LogP contribution in [0.5, 0.6) is 0 Å². The van der Waals surface area contributed by atoms with E-state index in [1.54, 1.807) is 0 Å². The highest BCUT2D eigenvalue weighted by Crippen LogP contribution is 2.66. The summed E-state index contributed by atoms with van der Waals surface area (Å²) in [7, 11) is 0. The minimum Gasteiger partial charge on any atom is -0.0619 e. The minimum absolute atomic E-state index is 0.511. The van der Waals surface area contributed by atoms with E-state index in [0.717, 1.165) is 0 Å². The summed E-state index contributed by atoms with van der Waals surface area (Å²) in [5.41, 5.74) is 15.4. The predicted octanol–water partition coefficient (Wildman–Crippen LogP) is 14.6. The summed E-state index contributed by atoms with van der Waals surface area (Å²) in [5.74, 6) is 0. The van der Waals surface area contributed by atoms with Gasteiger partial charge < -0.3 is 0 Å². The molecule has 11 aromatic rings. The van der Waals surface area contributed by atoms with Crippen molar-refractivity contribution in [1.82, 2.24) is 0 Å². The van der Waals surface area contributed by atoms with Crippen LogP contribution < -0.4 is 0 Å². The maximum absolute atomic E-state index is 2.55. The van der Waals surface area contributed by atoms with Crippen LogP contribution in [-0.4, -0.2) is 0 Å². The lowest BCUT2D eigenvalue weighted by molar-refractivity contribution is 0.796. The third-order valence-electron chi connectivity index (χ3n) is 13.0. The Morgan fingerprint density at radius 1 is 0.273 bits per heavy atom. The van der Waals surface area contributed by atoms with E-state index in [0.29, 0.717) is 0 Å². The maximum Gasteiger partial charge on any atom is 0.0731 e. The lowest BCUT2D eigenvalue weighted by atomic mass is 9.68. The first-order valence-electron chi connectivity index (χ1n) is 19.3. The molecule has 0 saturated carbocycles. The van der Waals surface area contributed by atoms with Gasteiger partial charge in [-0.05, 0) is 139 Å². The molecule has 252 valence electrons. The molecule has 0 heteroatoms. The molecule has 11 aromatic carbocycles. The van der Waals surface area contributed by atoms with Crippen LogP contribution in [0.25, 0.3) is 98.4 Å². The molecule has 0 atom stereocenters. The SMILES string of the molecule is c1ccc2c(c1)-c1ccccc1C21c2cc(-c3ccc4ccc5cccc6ccc3c4c56)ccc2-c2c1c(-c1ccc3ccccc3c1)cc1ccccc21. The van der Waals surface area contributed by atoms with E-state index >= 15 is 0 Å². The van der Waals surface area contributed by atoms with Gasteiger partial charge in [-0.1, -0.05) is 176 Å². The molecule has 0 fully saturated rings. The molecular formula is C55H32. The number of rotatable bonds is 2. The van der Waals surface area contributed by atoms with Gasteiger partial charge in [0.2, 0.25) is 0 Å². The Hall–Kier alpha value is -7.02. The van der Waals surface area contributed by atoms with Crippen molar-refractivity contribution in [1.29, 1.82) is 0 Å². The number of hydrogen-bond acceptors (Lipinski definition) is 0. The van der Waals surface area contributed by atoms with Crippen LogP contribution in [0, 0.1) is 0 Å². The number of fused-ring (bicyclic) bond motifs is 13. The fraction of sp³-hybridized carbons (Fsp3) is 0.0182. The second-order valence-electron chi connectivity index (χ2n) is 15.5. The fourth-order valence-electron chi connectivity index (χ4n) is 10.8. The van der Waals surface area contributed by atoms with Crippen molar-refractivity contribution in [2.75, 3.05) is 0 Å². The topological polar surface area (TPSA) is 0 Å². The molecule has 0 amide bonds. The van der Waals surface area contributed by atoms with Gasteiger partial charge >= 0.3 is 0 Å². The average Bonchev–Trinajstić information content (AvgIpc) is 3.72. The Balaban J connectivity index is 1.18. The Labute approximate surface area is 318 Å². The summed E-state index contributed by atoms with van der Waals surface area (Å²) in [4.78, 5) is 0. The molecule has 2 aliphatic rings. The van der Waals surface area contributed by atoms with Gasteiger partial charge in [-0.3, -0.25) is 0 Å². The highest BCUT2D eigenvalue weighted by Gasteiger charge is 2.53. The van der Waals surface area contributed by atoms with Gasteiger partial charge in [0, 0.05) is 0 Å². The highest BCUT2D eigenvalue weighted by atomic mass is 14.5. The van der Waals surface area contributed by atoms with Crippen molar-refractivity contribution in [2.45, 2.75) is 5.41 Å². The molecule has 13 rings (SSSR count). The summed E-state index contributed by atoms with van der Waals surface area (Å²) in [6.45, 7) is 0. The van der Waals surface area contributed by atoms with Crippen molar-refractivity contribution in [2.24, 2.45) is 0 Å². The molecule has 0 bridgehead atoms. The normalized spacial score (nSPS) is 13.6. The summed E-state index contributed by atoms with van der Waals surface area (Å²) in [5, 5.41) is 13.0. The van der Waals surface area contributed by atoms with Crippen LogP contribution >= 0.6 is 0 Å². The van der Waals surface area contributed by atoms with E-state index < -0.39 is 5.41 Å². The molecule has 55 heavy (non-hydrogen) atoms. The van der Waals surface area contributed by atoms with Crippen LogP contribution in [0.15, 0.2) is 194 Å². The van der Waals surface area contributed by atoms with E-state index in [-0.39, 0.29) is 0 Å². The molecule has 0 radical (unpaired) electrons. The molecule has 0 unspecified atom stereocenters. The van der Waals surface area contributed by atoms with E-state index in [2.05, 4.69) is 194 Å². The smallest absolute Gasteiger partial charge is 0.0619 e. The van der Waals surface area contributed by atoms with Crippen molar-refractivity contribution in [3.63, 3.8) is 0 Å². The van der Waals surface area contributed by atoms with Crippen molar-refractivity contribution >= 4 is 53.9 Å². The second kappa shape index (κ2) is 10.6. The largest absolute Gasteiger partial charge is 0.0731 e. The third kappa shape index (κ3) is 3.71. The zero-order valence-corrected chi connectivity index (χ0v) is 30.0. The molecular weight excluding hydrogens is 661 g/mol. The monoisotopic (exact) mass is 692 g/mol. The molecule has 0 saturated heterocycles. The summed E-state index contributed by atoms with van der Waals surface area (Å²) < 4.78 is 0. The van der Waals surface area contributed by atoms with Crippen LogP contribution in [0.2, 0.25) is 0 Å². The van der Waals surface area contributed by atoms with Crippen molar-refractivity contribution in [3.05, 3.63) is 216 Å². The van der Waals surface area contributed by atoms with Crippen molar-refractivity contribution in [3.8, 4) is 44.5 Å². The Bertz CT molecular complexity index is 3370. The van der Waals surface area contributed by atoms with Gasteiger partial charge in [0.15, 0.2) is 0 Å². The first kappa shape index (κ1) is 29.4. The van der Waals surface area contributed by atoms with Crippen LogP contribution in [0.1, 0.15) is 22.3 Å². The van der Waals surface area contributed by atoms with Crippen LogP contribution in [-0.2, 0) is 5.41 Å². The second-order valence-corrected chi connectivity index (χ2v) is 15.5. The van der Waals surface area contributed by atoms with Gasteiger partial charge in [-0.2, -0.15) is 0 Å². The third-order valence-corrected chi connectivity index (χ3v) is 13.0. The van der Waals surface area contributed by atoms with Gasteiger partial charge in [-0.25, -0.2) is 0 Å². The lowest BCUT2D eigenvalue weighted by Gasteiger charge is -2.33. The first-order chi connectivity index (χ1) is 27.3. The Kier molecular flexibility index (Phi) is 5.65. The Morgan fingerprint density at radius 2 is 0.836 bits per heavy atom. The molecule has 0 N–H and O–H groups in total. The summed E-state index contributed by atoms with van der Waals surface area (Å²) >= 11 is 0. The van der Waals surface area contributed by atoms with E-state index in [9.17, 15) is 0 Å². The highest BCUT2D eigenvalue weighted by molar-refractivity contribution is 6.25. The van der Waals surface area contributed by atoms with Crippen molar-refractivity contribution < 1.29 is 0 Å². The Morgan fingerprint density at radius 3 is 1.64 bits per heavy atom. The van der Waals surface area contributed by atoms with Crippen LogP contribution in [0.4, 0.5) is 0 Å². The van der Waals surface area contributed by atoms with E-state index in [4.69, 9.17) is 0 Å². The van der Waals surface area contributed by atoms with E-state index in [1.807, 2.05) is 0 Å². The molecule has 0 aliphatic heterocycles. The summed E-state index contributed by atoms with van der Waals surface area (Å²) in [6.07, 6.45) is 0. The maximum atomic E-state index is 2.55. The minimum atomic E-state index is -0.511. The molecule has 2 aliphatic carbocycles. The molecule has 0 aromatic heterocycles. The van der Waals surface area contributed by atoms with E-state index in [1.165, 1.54) is 121 Å².